The molecule has 0 amide bonds. The first-order chi connectivity index (χ1) is 10.2. The van der Waals surface area contributed by atoms with Gasteiger partial charge in [-0.15, -0.1) is 0 Å². The third-order valence-electron chi connectivity index (χ3n) is 3.09. The van der Waals surface area contributed by atoms with Crippen LogP contribution in [0.1, 0.15) is 5.69 Å². The van der Waals surface area contributed by atoms with Gasteiger partial charge in [-0.2, -0.15) is 0 Å². The van der Waals surface area contributed by atoms with Gasteiger partial charge in [-0.1, -0.05) is 30.3 Å². The Hall–Kier alpha value is -2.80. The lowest BCUT2D eigenvalue weighted by molar-refractivity contribution is 0.277. The number of amidine groups is 1. The quantitative estimate of drug-likeness (QED) is 0.483. The summed E-state index contributed by atoms with van der Waals surface area (Å²) < 4.78 is 1.72. The maximum absolute atomic E-state index is 9.10. The van der Waals surface area contributed by atoms with E-state index in [1.165, 1.54) is 0 Å². The number of aliphatic hydroxyl groups excluding tert-OH is 1. The molecule has 0 aliphatic carbocycles. The van der Waals surface area contributed by atoms with Gasteiger partial charge in [-0.3, -0.25) is 5.41 Å². The lowest BCUT2D eigenvalue weighted by Gasteiger charge is -2.06. The number of nitrogens with one attached hydrogen (secondary N) is 1. The number of imidazole rings is 1. The van der Waals surface area contributed by atoms with E-state index >= 15 is 0 Å². The summed E-state index contributed by atoms with van der Waals surface area (Å²) in [6.07, 6.45) is 1.57. The monoisotopic (exact) mass is 282 g/mol. The molecule has 0 aliphatic rings. The summed E-state index contributed by atoms with van der Waals surface area (Å²) in [6, 6.07) is 9.46. The first kappa shape index (κ1) is 13.2. The van der Waals surface area contributed by atoms with Gasteiger partial charge in [0.1, 0.15) is 17.0 Å². The predicted molar refractivity (Wildman–Crippen MR) is 78.9 cm³/mol. The van der Waals surface area contributed by atoms with E-state index in [0.717, 1.165) is 5.56 Å². The topological polar surface area (TPSA) is 114 Å². The van der Waals surface area contributed by atoms with Crippen molar-refractivity contribution < 1.29 is 5.11 Å². The zero-order chi connectivity index (χ0) is 14.8. The second-order valence-corrected chi connectivity index (χ2v) is 4.51. The first-order valence-electron chi connectivity index (χ1n) is 6.44. The number of aromatic nitrogens is 4. The van der Waals surface area contributed by atoms with Crippen molar-refractivity contribution in [3.63, 3.8) is 0 Å². The highest BCUT2D eigenvalue weighted by atomic mass is 16.3. The van der Waals surface area contributed by atoms with E-state index in [4.69, 9.17) is 16.2 Å². The maximum Gasteiger partial charge on any atom is 0.164 e. The zero-order valence-corrected chi connectivity index (χ0v) is 11.2. The number of nitrogens with zero attached hydrogens (tertiary/aromatic N) is 4. The number of benzene rings is 1. The third kappa shape index (κ3) is 2.34. The van der Waals surface area contributed by atoms with Crippen LogP contribution >= 0.6 is 0 Å². The lowest BCUT2D eigenvalue weighted by Crippen LogP contribution is -2.15. The van der Waals surface area contributed by atoms with Crippen LogP contribution in [0.25, 0.3) is 22.6 Å². The van der Waals surface area contributed by atoms with Crippen molar-refractivity contribution in [2.24, 2.45) is 5.73 Å². The van der Waals surface area contributed by atoms with Crippen LogP contribution < -0.4 is 5.73 Å². The van der Waals surface area contributed by atoms with Crippen molar-refractivity contribution in [3.8, 4) is 11.4 Å². The van der Waals surface area contributed by atoms with Crippen LogP contribution in [0, 0.1) is 5.41 Å². The molecular weight excluding hydrogens is 268 g/mol. The Morgan fingerprint density at radius 3 is 2.67 bits per heavy atom. The number of fused-ring (bicyclic) bond motifs is 1. The molecule has 0 unspecified atom stereocenters. The van der Waals surface area contributed by atoms with Crippen LogP contribution in [0.5, 0.6) is 0 Å². The average Bonchev–Trinajstić information content (AvgIpc) is 2.90. The number of hydrogen-bond donors (Lipinski definition) is 3. The third-order valence-corrected chi connectivity index (χ3v) is 3.09. The van der Waals surface area contributed by atoms with E-state index < -0.39 is 0 Å². The summed E-state index contributed by atoms with van der Waals surface area (Å²) >= 11 is 0. The normalized spacial score (nSPS) is 10.9. The number of nitrogens with two attached hydrogens (primary N) is 1. The average molecular weight is 282 g/mol. The van der Waals surface area contributed by atoms with Crippen LogP contribution in [0.4, 0.5) is 0 Å². The van der Waals surface area contributed by atoms with Crippen LogP contribution in [0.2, 0.25) is 0 Å². The van der Waals surface area contributed by atoms with E-state index in [2.05, 4.69) is 15.0 Å². The molecule has 3 rings (SSSR count). The van der Waals surface area contributed by atoms with Gasteiger partial charge in [-0.25, -0.2) is 15.0 Å². The van der Waals surface area contributed by atoms with Gasteiger partial charge in [0, 0.05) is 12.1 Å². The largest absolute Gasteiger partial charge is 0.395 e. The Bertz CT molecular complexity index is 796. The Morgan fingerprint density at radius 1 is 1.24 bits per heavy atom. The molecule has 0 radical (unpaired) electrons. The SMILES string of the molecule is N=C(N)c1nc(-c2ccccc2)nc2c1ncn2CCO. The van der Waals surface area contributed by atoms with E-state index in [-0.39, 0.29) is 12.4 Å². The number of aliphatic hydroxyl groups is 1. The number of hydrogen-bond acceptors (Lipinski definition) is 5. The fourth-order valence-corrected chi connectivity index (χ4v) is 2.12. The van der Waals surface area contributed by atoms with Gasteiger partial charge >= 0.3 is 0 Å². The zero-order valence-electron chi connectivity index (χ0n) is 11.2. The van der Waals surface area contributed by atoms with Crippen molar-refractivity contribution in [1.29, 1.82) is 5.41 Å². The fraction of sp³-hybridized carbons (Fsp3) is 0.143. The Kier molecular flexibility index (Phi) is 3.33. The highest BCUT2D eigenvalue weighted by molar-refractivity contribution is 6.03. The van der Waals surface area contributed by atoms with Crippen LogP contribution in [0.15, 0.2) is 36.7 Å². The van der Waals surface area contributed by atoms with Gasteiger partial charge < -0.3 is 15.4 Å². The number of rotatable bonds is 4. The highest BCUT2D eigenvalue weighted by Gasteiger charge is 2.15. The molecule has 7 nitrogen and oxygen atoms in total. The molecule has 0 saturated carbocycles. The van der Waals surface area contributed by atoms with Crippen molar-refractivity contribution >= 4 is 17.0 Å². The summed E-state index contributed by atoms with van der Waals surface area (Å²) in [5.74, 6) is 0.321. The molecule has 0 bridgehead atoms. The molecule has 3 aromatic rings. The van der Waals surface area contributed by atoms with Gasteiger partial charge in [0.15, 0.2) is 11.5 Å². The van der Waals surface area contributed by atoms with E-state index in [1.54, 1.807) is 10.9 Å². The highest BCUT2D eigenvalue weighted by Crippen LogP contribution is 2.20. The van der Waals surface area contributed by atoms with Gasteiger partial charge in [0.25, 0.3) is 0 Å². The standard InChI is InChI=1S/C14H14N6O/c15-12(16)10-11-14(20(6-7-21)8-17-11)19-13(18-10)9-4-2-1-3-5-9/h1-5,8,21H,6-7H2,(H3,15,16). The molecule has 0 atom stereocenters. The van der Waals surface area contributed by atoms with E-state index in [1.807, 2.05) is 30.3 Å². The first-order valence-corrected chi connectivity index (χ1v) is 6.44. The maximum atomic E-state index is 9.10. The molecular formula is C14H14N6O. The molecule has 4 N–H and O–H groups in total. The minimum absolute atomic E-state index is 0.0223. The second-order valence-electron chi connectivity index (χ2n) is 4.51. The summed E-state index contributed by atoms with van der Waals surface area (Å²) in [4.78, 5) is 13.0. The smallest absolute Gasteiger partial charge is 0.164 e. The Morgan fingerprint density at radius 2 is 2.00 bits per heavy atom. The molecule has 106 valence electrons. The number of nitrogen functional groups attached to an aromatic ring is 1. The van der Waals surface area contributed by atoms with Crippen LogP contribution in [-0.2, 0) is 6.54 Å². The molecule has 0 fully saturated rings. The summed E-state index contributed by atoms with van der Waals surface area (Å²) in [7, 11) is 0. The molecule has 0 saturated heterocycles. The summed E-state index contributed by atoms with van der Waals surface area (Å²) in [6.45, 7) is 0.352. The molecule has 2 aromatic heterocycles. The molecule has 7 heteroatoms. The van der Waals surface area contributed by atoms with E-state index in [0.29, 0.717) is 29.2 Å². The van der Waals surface area contributed by atoms with Crippen molar-refractivity contribution in [3.05, 3.63) is 42.4 Å². The van der Waals surface area contributed by atoms with Crippen LogP contribution in [0.3, 0.4) is 0 Å². The van der Waals surface area contributed by atoms with Gasteiger partial charge in [0.05, 0.1) is 12.9 Å². The molecule has 0 spiro atoms. The van der Waals surface area contributed by atoms with Crippen molar-refractivity contribution in [1.82, 2.24) is 19.5 Å². The molecule has 2 heterocycles. The second kappa shape index (κ2) is 5.29. The van der Waals surface area contributed by atoms with Gasteiger partial charge in [-0.05, 0) is 0 Å². The Labute approximate surface area is 120 Å². The van der Waals surface area contributed by atoms with Crippen molar-refractivity contribution in [2.75, 3.05) is 6.61 Å². The molecule has 21 heavy (non-hydrogen) atoms. The lowest BCUT2D eigenvalue weighted by atomic mass is 10.2. The predicted octanol–water partition coefficient (Wildman–Crippen LogP) is 0.770. The molecule has 0 aliphatic heterocycles. The minimum atomic E-state index is -0.158. The van der Waals surface area contributed by atoms with Crippen molar-refractivity contribution in [2.45, 2.75) is 6.54 Å². The Balaban J connectivity index is 2.27. The minimum Gasteiger partial charge on any atom is -0.395 e. The van der Waals surface area contributed by atoms with Gasteiger partial charge in [0.2, 0.25) is 0 Å². The van der Waals surface area contributed by atoms with Crippen LogP contribution in [-0.4, -0.2) is 37.1 Å². The molecule has 1 aromatic carbocycles. The summed E-state index contributed by atoms with van der Waals surface area (Å²) in [5.41, 5.74) is 7.76. The van der Waals surface area contributed by atoms with E-state index in [9.17, 15) is 0 Å². The fourth-order valence-electron chi connectivity index (χ4n) is 2.12. The summed E-state index contributed by atoms with van der Waals surface area (Å²) in [5, 5.41) is 16.8.